The Kier molecular flexibility index (Phi) is 5.22. The highest BCUT2D eigenvalue weighted by molar-refractivity contribution is 5.98. The van der Waals surface area contributed by atoms with E-state index in [1.54, 1.807) is 33.1 Å². The molecule has 0 aliphatic rings. The molecule has 1 aromatic heterocycles. The monoisotopic (exact) mass is 325 g/mol. The van der Waals surface area contributed by atoms with Crippen LogP contribution >= 0.6 is 0 Å². The Labute approximate surface area is 141 Å². The number of carbonyl (C=O) groups excluding carboxylic acids is 1. The number of hydrogen-bond acceptors (Lipinski definition) is 5. The molecule has 0 radical (unpaired) electrons. The molecule has 24 heavy (non-hydrogen) atoms. The van der Waals surface area contributed by atoms with Crippen LogP contribution in [0.1, 0.15) is 29.9 Å². The third-order valence-electron chi connectivity index (χ3n) is 3.20. The van der Waals surface area contributed by atoms with Crippen molar-refractivity contribution in [3.63, 3.8) is 0 Å². The summed E-state index contributed by atoms with van der Waals surface area (Å²) in [6.45, 7) is 3.17. The van der Waals surface area contributed by atoms with Gasteiger partial charge in [-0.3, -0.25) is 0 Å². The minimum atomic E-state index is -1.13. The zero-order chi connectivity index (χ0) is 17.7. The minimum absolute atomic E-state index is 0.316. The van der Waals surface area contributed by atoms with Gasteiger partial charge in [0, 0.05) is 17.3 Å². The van der Waals surface area contributed by atoms with E-state index in [1.807, 2.05) is 18.2 Å². The van der Waals surface area contributed by atoms with E-state index in [0.717, 1.165) is 5.56 Å². The van der Waals surface area contributed by atoms with Gasteiger partial charge in [-0.2, -0.15) is 0 Å². The number of aliphatic hydroxyl groups is 1. The lowest BCUT2D eigenvalue weighted by Crippen LogP contribution is -2.14. The van der Waals surface area contributed by atoms with Gasteiger partial charge in [0.1, 0.15) is 17.0 Å². The lowest BCUT2D eigenvalue weighted by atomic mass is 9.99. The van der Waals surface area contributed by atoms with E-state index in [9.17, 15) is 9.90 Å². The number of aromatic nitrogens is 1. The van der Waals surface area contributed by atoms with Gasteiger partial charge in [-0.25, -0.2) is 9.78 Å². The zero-order valence-corrected chi connectivity index (χ0v) is 14.1. The highest BCUT2D eigenvalue weighted by atomic mass is 16.5. The zero-order valence-electron chi connectivity index (χ0n) is 14.1. The number of benzene rings is 1. The molecule has 0 amide bonds. The first kappa shape index (κ1) is 17.5. The number of para-hydroxylation sites is 1. The minimum Gasteiger partial charge on any atom is -0.496 e. The van der Waals surface area contributed by atoms with E-state index in [1.165, 1.54) is 13.3 Å². The largest absolute Gasteiger partial charge is 0.496 e. The number of hydrogen-bond donors (Lipinski definition) is 1. The van der Waals surface area contributed by atoms with E-state index in [-0.39, 0.29) is 0 Å². The second kappa shape index (κ2) is 7.16. The summed E-state index contributed by atoms with van der Waals surface area (Å²) in [5.74, 6) is 5.64. The van der Waals surface area contributed by atoms with Gasteiger partial charge in [0.25, 0.3) is 0 Å². The maximum atomic E-state index is 12.1. The molecule has 1 N–H and O–H groups in total. The fraction of sp³-hybridized carbons (Fsp3) is 0.263. The molecule has 0 aliphatic heterocycles. The highest BCUT2D eigenvalue weighted by Crippen LogP contribution is 2.32. The van der Waals surface area contributed by atoms with Crippen molar-refractivity contribution in [1.29, 1.82) is 0 Å². The number of ether oxygens (including phenoxy) is 2. The SMILES string of the molecule is COC(=O)c1cnc(C#CC(C)(C)O)cc1-c1ccccc1OC. The molecule has 0 aliphatic carbocycles. The average Bonchev–Trinajstić information content (AvgIpc) is 2.58. The van der Waals surface area contributed by atoms with Crippen LogP contribution in [0.3, 0.4) is 0 Å². The Bertz CT molecular complexity index is 810. The maximum absolute atomic E-state index is 12.1. The summed E-state index contributed by atoms with van der Waals surface area (Å²) in [5.41, 5.74) is 0.956. The lowest BCUT2D eigenvalue weighted by Gasteiger charge is -2.12. The van der Waals surface area contributed by atoms with Gasteiger partial charge >= 0.3 is 5.97 Å². The first-order valence-electron chi connectivity index (χ1n) is 7.33. The number of rotatable bonds is 3. The standard InChI is InChI=1S/C19H19NO4/c1-19(2,22)10-9-13-11-15(16(12-20-13)18(21)24-4)14-7-5-6-8-17(14)23-3/h5-8,11-12,22H,1-4H3. The number of carbonyl (C=O) groups is 1. The van der Waals surface area contributed by atoms with Crippen LogP contribution in [0.25, 0.3) is 11.1 Å². The van der Waals surface area contributed by atoms with Crippen LogP contribution in [0.15, 0.2) is 36.5 Å². The molecular formula is C19H19NO4. The lowest BCUT2D eigenvalue weighted by molar-refractivity contribution is 0.0601. The Hall–Kier alpha value is -2.84. The number of esters is 1. The van der Waals surface area contributed by atoms with Crippen LogP contribution in [-0.2, 0) is 4.74 Å². The Balaban J connectivity index is 2.64. The Morgan fingerprint density at radius 2 is 1.92 bits per heavy atom. The van der Waals surface area contributed by atoms with Gasteiger partial charge in [-0.1, -0.05) is 24.1 Å². The highest BCUT2D eigenvalue weighted by Gasteiger charge is 2.17. The van der Waals surface area contributed by atoms with E-state index in [2.05, 4.69) is 16.8 Å². The molecular weight excluding hydrogens is 306 g/mol. The molecule has 0 saturated carbocycles. The van der Waals surface area contributed by atoms with Gasteiger partial charge < -0.3 is 14.6 Å². The molecule has 5 heteroatoms. The molecule has 0 bridgehead atoms. The van der Waals surface area contributed by atoms with Crippen molar-refractivity contribution in [2.24, 2.45) is 0 Å². The van der Waals surface area contributed by atoms with Crippen molar-refractivity contribution in [3.8, 4) is 28.7 Å². The second-order valence-corrected chi connectivity index (χ2v) is 5.62. The fourth-order valence-electron chi connectivity index (χ4n) is 2.10. The molecule has 0 fully saturated rings. The molecule has 2 aromatic rings. The molecule has 2 rings (SSSR count). The van der Waals surface area contributed by atoms with Crippen LogP contribution in [0.5, 0.6) is 5.75 Å². The maximum Gasteiger partial charge on any atom is 0.340 e. The van der Waals surface area contributed by atoms with Crippen molar-refractivity contribution in [1.82, 2.24) is 4.98 Å². The third-order valence-corrected chi connectivity index (χ3v) is 3.20. The van der Waals surface area contributed by atoms with Crippen molar-refractivity contribution in [2.45, 2.75) is 19.4 Å². The summed E-state index contributed by atoms with van der Waals surface area (Å²) >= 11 is 0. The van der Waals surface area contributed by atoms with Gasteiger partial charge in [0.15, 0.2) is 0 Å². The molecule has 1 heterocycles. The first-order valence-corrected chi connectivity index (χ1v) is 7.33. The van der Waals surface area contributed by atoms with Crippen molar-refractivity contribution < 1.29 is 19.4 Å². The predicted molar refractivity (Wildman–Crippen MR) is 90.7 cm³/mol. The van der Waals surface area contributed by atoms with Gasteiger partial charge in [0.2, 0.25) is 0 Å². The third kappa shape index (κ3) is 4.12. The summed E-state index contributed by atoms with van der Waals surface area (Å²) in [6, 6.07) is 9.02. The normalized spacial score (nSPS) is 10.5. The van der Waals surface area contributed by atoms with Crippen molar-refractivity contribution in [3.05, 3.63) is 47.8 Å². The average molecular weight is 325 g/mol. The molecule has 124 valence electrons. The summed E-state index contributed by atoms with van der Waals surface area (Å²) in [6.07, 6.45) is 1.42. The Morgan fingerprint density at radius 3 is 2.54 bits per heavy atom. The molecule has 0 saturated heterocycles. The quantitative estimate of drug-likeness (QED) is 0.694. The fourth-order valence-corrected chi connectivity index (χ4v) is 2.10. The first-order chi connectivity index (χ1) is 11.4. The predicted octanol–water partition coefficient (Wildman–Crippen LogP) is 2.67. The molecule has 0 atom stereocenters. The molecule has 0 unspecified atom stereocenters. The van der Waals surface area contributed by atoms with E-state index < -0.39 is 11.6 Å². The van der Waals surface area contributed by atoms with Crippen molar-refractivity contribution in [2.75, 3.05) is 14.2 Å². The molecule has 0 spiro atoms. The van der Waals surface area contributed by atoms with Crippen LogP contribution in [0.2, 0.25) is 0 Å². The van der Waals surface area contributed by atoms with Crippen LogP contribution in [0, 0.1) is 11.8 Å². The summed E-state index contributed by atoms with van der Waals surface area (Å²) in [7, 11) is 2.88. The molecule has 5 nitrogen and oxygen atoms in total. The second-order valence-electron chi connectivity index (χ2n) is 5.62. The van der Waals surface area contributed by atoms with Crippen molar-refractivity contribution >= 4 is 5.97 Å². The summed E-state index contributed by atoms with van der Waals surface area (Å²) < 4.78 is 10.2. The van der Waals surface area contributed by atoms with Crippen LogP contribution < -0.4 is 4.74 Å². The number of methoxy groups -OCH3 is 2. The summed E-state index contributed by atoms with van der Waals surface area (Å²) in [5, 5.41) is 9.73. The summed E-state index contributed by atoms with van der Waals surface area (Å²) in [4.78, 5) is 16.2. The topological polar surface area (TPSA) is 68.7 Å². The van der Waals surface area contributed by atoms with Gasteiger partial charge in [0.05, 0.1) is 19.8 Å². The Morgan fingerprint density at radius 1 is 1.21 bits per heavy atom. The van der Waals surface area contributed by atoms with Gasteiger partial charge in [-0.05, 0) is 31.9 Å². The van der Waals surface area contributed by atoms with E-state index >= 15 is 0 Å². The number of pyridine rings is 1. The van der Waals surface area contributed by atoms with E-state index in [0.29, 0.717) is 22.6 Å². The smallest absolute Gasteiger partial charge is 0.340 e. The van der Waals surface area contributed by atoms with Gasteiger partial charge in [-0.15, -0.1) is 0 Å². The van der Waals surface area contributed by atoms with Crippen LogP contribution in [0.4, 0.5) is 0 Å². The molecule has 1 aromatic carbocycles. The van der Waals surface area contributed by atoms with Crippen LogP contribution in [-0.4, -0.2) is 35.9 Å². The van der Waals surface area contributed by atoms with E-state index in [4.69, 9.17) is 9.47 Å². The number of nitrogens with zero attached hydrogens (tertiary/aromatic N) is 1.